The van der Waals surface area contributed by atoms with Crippen molar-refractivity contribution in [3.63, 3.8) is 0 Å². The maximum Gasteiger partial charge on any atom is 0.321 e. The molecule has 6 nitrogen and oxygen atoms in total. The predicted octanol–water partition coefficient (Wildman–Crippen LogP) is 6.22. The van der Waals surface area contributed by atoms with Crippen LogP contribution in [0, 0.1) is 5.92 Å². The van der Waals surface area contributed by atoms with Gasteiger partial charge in [-0.15, -0.1) is 0 Å². The fraction of sp³-hybridized carbons (Fsp3) is 0.407. The SMILES string of the molecule is O=C(O)C(C1CCN(C(=S)Nc2ccc(Cl)c(Cl)c2)CC1)N1CCC(c2c[nH]c3ccccc23)CC1. The second kappa shape index (κ2) is 11.0. The molecule has 2 fully saturated rings. The van der Waals surface area contributed by atoms with Crippen LogP contribution in [0.4, 0.5) is 5.69 Å². The number of likely N-dealkylation sites (tertiary alicyclic amines) is 2. The van der Waals surface area contributed by atoms with Crippen LogP contribution >= 0.6 is 35.4 Å². The van der Waals surface area contributed by atoms with Crippen molar-refractivity contribution in [3.05, 3.63) is 64.3 Å². The average molecular weight is 546 g/mol. The molecule has 1 aromatic heterocycles. The van der Waals surface area contributed by atoms with E-state index in [1.54, 1.807) is 12.1 Å². The van der Waals surface area contributed by atoms with E-state index in [1.165, 1.54) is 10.9 Å². The minimum Gasteiger partial charge on any atom is -0.480 e. The highest BCUT2D eigenvalue weighted by Crippen LogP contribution is 2.35. The van der Waals surface area contributed by atoms with Gasteiger partial charge in [-0.25, -0.2) is 0 Å². The molecule has 3 heterocycles. The number of hydrogen-bond acceptors (Lipinski definition) is 3. The number of piperidine rings is 2. The maximum atomic E-state index is 12.4. The lowest BCUT2D eigenvalue weighted by molar-refractivity contribution is -0.146. The van der Waals surface area contributed by atoms with Crippen LogP contribution in [0.25, 0.3) is 10.9 Å². The zero-order chi connectivity index (χ0) is 25.2. The van der Waals surface area contributed by atoms with Gasteiger partial charge in [0.25, 0.3) is 0 Å². The van der Waals surface area contributed by atoms with Gasteiger partial charge in [0.2, 0.25) is 0 Å². The summed E-state index contributed by atoms with van der Waals surface area (Å²) in [5.74, 6) is -0.148. The summed E-state index contributed by atoms with van der Waals surface area (Å²) in [6.07, 6.45) is 5.67. The first kappa shape index (κ1) is 25.3. The molecule has 0 aliphatic carbocycles. The van der Waals surface area contributed by atoms with Crippen LogP contribution in [-0.2, 0) is 4.79 Å². The van der Waals surface area contributed by atoms with Crippen LogP contribution < -0.4 is 5.32 Å². The molecular weight excluding hydrogens is 515 g/mol. The molecule has 36 heavy (non-hydrogen) atoms. The number of aliphatic carboxylic acids is 1. The Hall–Kier alpha value is -2.32. The zero-order valence-corrected chi connectivity index (χ0v) is 22.3. The Morgan fingerprint density at radius 2 is 1.75 bits per heavy atom. The topological polar surface area (TPSA) is 71.6 Å². The standard InChI is InChI=1S/C27H30Cl2N4O2S/c28-22-6-5-19(15-23(22)29)31-27(36)33-13-9-18(10-14-33)25(26(34)35)32-11-7-17(8-12-32)21-16-30-24-4-2-1-3-20(21)24/h1-6,15-18,25,30H,7-14H2,(H,31,36)(H,34,35). The molecule has 0 amide bonds. The molecule has 0 saturated carbocycles. The maximum absolute atomic E-state index is 12.4. The third-order valence-corrected chi connectivity index (χ3v) is 8.78. The smallest absolute Gasteiger partial charge is 0.321 e. The Balaban J connectivity index is 1.17. The summed E-state index contributed by atoms with van der Waals surface area (Å²) in [4.78, 5) is 20.1. The highest BCUT2D eigenvalue weighted by atomic mass is 35.5. The summed E-state index contributed by atoms with van der Waals surface area (Å²) in [5.41, 5.74) is 3.31. The van der Waals surface area contributed by atoms with Crippen LogP contribution in [0.2, 0.25) is 10.0 Å². The van der Waals surface area contributed by atoms with Crippen molar-refractivity contribution in [2.75, 3.05) is 31.5 Å². The van der Waals surface area contributed by atoms with Gasteiger partial charge in [0.05, 0.1) is 10.0 Å². The summed E-state index contributed by atoms with van der Waals surface area (Å²) in [6.45, 7) is 3.07. The first-order valence-electron chi connectivity index (χ1n) is 12.4. The lowest BCUT2D eigenvalue weighted by Gasteiger charge is -2.42. The number of rotatable bonds is 5. The second-order valence-electron chi connectivity index (χ2n) is 9.77. The summed E-state index contributed by atoms with van der Waals surface area (Å²) in [7, 11) is 0. The molecule has 2 saturated heterocycles. The number of benzene rings is 2. The lowest BCUT2D eigenvalue weighted by Crippen LogP contribution is -2.52. The van der Waals surface area contributed by atoms with Gasteiger partial charge in [-0.1, -0.05) is 41.4 Å². The highest BCUT2D eigenvalue weighted by Gasteiger charge is 2.38. The van der Waals surface area contributed by atoms with E-state index < -0.39 is 12.0 Å². The van der Waals surface area contributed by atoms with Crippen molar-refractivity contribution in [2.24, 2.45) is 5.92 Å². The Morgan fingerprint density at radius 1 is 1.03 bits per heavy atom. The van der Waals surface area contributed by atoms with E-state index in [1.807, 2.05) is 12.1 Å². The van der Waals surface area contributed by atoms with Crippen LogP contribution in [0.1, 0.15) is 37.2 Å². The van der Waals surface area contributed by atoms with Crippen molar-refractivity contribution in [1.29, 1.82) is 0 Å². The zero-order valence-electron chi connectivity index (χ0n) is 19.9. The van der Waals surface area contributed by atoms with Crippen LogP contribution in [0.5, 0.6) is 0 Å². The number of fused-ring (bicyclic) bond motifs is 1. The van der Waals surface area contributed by atoms with Gasteiger partial charge in [0.1, 0.15) is 6.04 Å². The van der Waals surface area contributed by atoms with E-state index >= 15 is 0 Å². The molecule has 0 bridgehead atoms. The number of carbonyl (C=O) groups is 1. The Morgan fingerprint density at radius 3 is 2.44 bits per heavy atom. The van der Waals surface area contributed by atoms with Gasteiger partial charge < -0.3 is 20.3 Å². The number of thiocarbonyl (C=S) groups is 1. The van der Waals surface area contributed by atoms with E-state index in [-0.39, 0.29) is 5.92 Å². The van der Waals surface area contributed by atoms with E-state index in [0.29, 0.717) is 21.1 Å². The summed E-state index contributed by atoms with van der Waals surface area (Å²) < 4.78 is 0. The van der Waals surface area contributed by atoms with Crippen molar-refractivity contribution in [3.8, 4) is 0 Å². The molecule has 190 valence electrons. The lowest BCUT2D eigenvalue weighted by atomic mass is 9.84. The van der Waals surface area contributed by atoms with Crippen molar-refractivity contribution in [2.45, 2.75) is 37.6 Å². The van der Waals surface area contributed by atoms with Crippen LogP contribution in [-0.4, -0.2) is 63.2 Å². The van der Waals surface area contributed by atoms with Gasteiger partial charge in [0.15, 0.2) is 5.11 Å². The number of anilines is 1. The van der Waals surface area contributed by atoms with Crippen molar-refractivity contribution >= 4 is 63.1 Å². The third-order valence-electron chi connectivity index (χ3n) is 7.68. The van der Waals surface area contributed by atoms with E-state index in [2.05, 4.69) is 44.5 Å². The molecule has 3 aromatic rings. The first-order chi connectivity index (χ1) is 17.4. The Bertz CT molecular complexity index is 1250. The fourth-order valence-electron chi connectivity index (χ4n) is 5.77. The Labute approximate surface area is 226 Å². The summed E-state index contributed by atoms with van der Waals surface area (Å²) in [5, 5.41) is 16.3. The summed E-state index contributed by atoms with van der Waals surface area (Å²) in [6, 6.07) is 13.3. The molecule has 1 unspecified atom stereocenters. The number of nitrogens with one attached hydrogen (secondary N) is 2. The first-order valence-corrected chi connectivity index (χ1v) is 13.6. The number of nitrogens with zero attached hydrogens (tertiary/aromatic N) is 2. The monoisotopic (exact) mass is 544 g/mol. The molecule has 0 radical (unpaired) electrons. The molecular formula is C27H30Cl2N4O2S. The third kappa shape index (κ3) is 5.35. The minimum atomic E-state index is -0.712. The molecule has 2 aliphatic heterocycles. The van der Waals surface area contributed by atoms with Crippen molar-refractivity contribution in [1.82, 2.24) is 14.8 Å². The van der Waals surface area contributed by atoms with Gasteiger partial charge >= 0.3 is 5.97 Å². The number of H-pyrrole nitrogens is 1. The average Bonchev–Trinajstić information content (AvgIpc) is 3.31. The molecule has 0 spiro atoms. The number of para-hydroxylation sites is 1. The van der Waals surface area contributed by atoms with Crippen LogP contribution in [0.15, 0.2) is 48.7 Å². The molecule has 5 rings (SSSR count). The molecule has 2 aromatic carbocycles. The van der Waals surface area contributed by atoms with E-state index in [0.717, 1.165) is 63.1 Å². The quantitative estimate of drug-likeness (QED) is 0.331. The molecule has 3 N–H and O–H groups in total. The number of aromatic nitrogens is 1. The van der Waals surface area contributed by atoms with Gasteiger partial charge in [-0.3, -0.25) is 9.69 Å². The summed E-state index contributed by atoms with van der Waals surface area (Å²) >= 11 is 17.7. The number of carboxylic acid groups (broad SMARTS) is 1. The number of halogens is 2. The van der Waals surface area contributed by atoms with Gasteiger partial charge in [-0.05, 0) is 92.7 Å². The van der Waals surface area contributed by atoms with Gasteiger partial charge in [-0.2, -0.15) is 0 Å². The largest absolute Gasteiger partial charge is 0.480 e. The molecule has 2 aliphatic rings. The normalized spacial score (nSPS) is 18.9. The van der Waals surface area contributed by atoms with E-state index in [4.69, 9.17) is 35.4 Å². The van der Waals surface area contributed by atoms with Gasteiger partial charge in [0, 0.05) is 35.9 Å². The Kier molecular flexibility index (Phi) is 7.72. The predicted molar refractivity (Wildman–Crippen MR) is 150 cm³/mol. The molecule has 1 atom stereocenters. The molecule has 9 heteroatoms. The highest BCUT2D eigenvalue weighted by molar-refractivity contribution is 7.80. The second-order valence-corrected chi connectivity index (χ2v) is 11.0. The number of aromatic amines is 1. The van der Waals surface area contributed by atoms with Crippen LogP contribution in [0.3, 0.4) is 0 Å². The number of carboxylic acids is 1. The van der Waals surface area contributed by atoms with E-state index in [9.17, 15) is 9.90 Å². The fourth-order valence-corrected chi connectivity index (χ4v) is 6.37. The minimum absolute atomic E-state index is 0.108. The number of hydrogen-bond donors (Lipinski definition) is 3. The van der Waals surface area contributed by atoms with Crippen molar-refractivity contribution < 1.29 is 9.90 Å².